The molecule has 2 aromatic carbocycles. The summed E-state index contributed by atoms with van der Waals surface area (Å²) in [4.78, 5) is 54.9. The second-order valence-electron chi connectivity index (χ2n) is 7.75. The summed E-state index contributed by atoms with van der Waals surface area (Å²) < 4.78 is 2.41. The predicted octanol–water partition coefficient (Wildman–Crippen LogP) is 5.62. The molecule has 0 aromatic heterocycles. The maximum absolute atomic E-state index is 12.9. The van der Waals surface area contributed by atoms with Crippen LogP contribution in [0.1, 0.15) is 18.4 Å². The number of hydroxylamine groups is 2. The number of nitrogens with zero attached hydrogens (tertiary/aromatic N) is 3. The van der Waals surface area contributed by atoms with Crippen LogP contribution in [0.15, 0.2) is 59.5 Å². The molecule has 198 valence electrons. The summed E-state index contributed by atoms with van der Waals surface area (Å²) in [5.74, 6) is 0. The number of rotatable bonds is 7. The van der Waals surface area contributed by atoms with Crippen molar-refractivity contribution in [2.24, 2.45) is 0 Å². The van der Waals surface area contributed by atoms with Gasteiger partial charge in [0.05, 0.1) is 11.0 Å². The van der Waals surface area contributed by atoms with Crippen LogP contribution in [0.5, 0.6) is 0 Å². The summed E-state index contributed by atoms with van der Waals surface area (Å²) in [5, 5.41) is 21.0. The number of nitro benzene ring substituents is 1. The smallest absolute Gasteiger partial charge is 0.437 e. The number of carbonyl (C=O) groups is 3. The Bertz CT molecular complexity index is 1130. The highest BCUT2D eigenvalue weighted by Gasteiger charge is 2.42. The Hall–Kier alpha value is -2.77. The zero-order valence-electron chi connectivity index (χ0n) is 18.9. The number of non-ortho nitro benzene ring substituents is 1. The van der Waals surface area contributed by atoms with Gasteiger partial charge in [-0.05, 0) is 77.1 Å². The lowest BCUT2D eigenvalue weighted by Gasteiger charge is -2.40. The minimum absolute atomic E-state index is 0.0576. The van der Waals surface area contributed by atoms with Gasteiger partial charge in [0.1, 0.15) is 12.6 Å². The molecular weight excluding hydrogens is 573 g/mol. The van der Waals surface area contributed by atoms with E-state index in [9.17, 15) is 29.6 Å². The van der Waals surface area contributed by atoms with Crippen LogP contribution in [0.3, 0.4) is 0 Å². The molecule has 1 aliphatic heterocycles. The number of carbonyl (C=O) groups excluding carboxylic acids is 2. The van der Waals surface area contributed by atoms with Crippen LogP contribution < -0.4 is 0 Å². The number of carboxylic acid groups (broad SMARTS) is 1. The minimum atomic E-state index is -2.38. The molecule has 0 radical (unpaired) electrons. The fourth-order valence-electron chi connectivity index (χ4n) is 3.59. The molecule has 2 amide bonds. The van der Waals surface area contributed by atoms with Crippen LogP contribution in [-0.4, -0.2) is 59.9 Å². The topological polar surface area (TPSA) is 140 Å². The molecule has 0 unspecified atom stereocenters. The number of benzene rings is 2. The molecule has 0 aliphatic carbocycles. The lowest BCUT2D eigenvalue weighted by molar-refractivity contribution is -0.384. The lowest BCUT2D eigenvalue weighted by Crippen LogP contribution is -2.56. The standard InChI is InChI=1S/C22H20Cl3N3O8S/c23-22(24,25)36-21(32)27(35-13-14-4-2-1-3-5-14)16-8-11-18(26(12-16)20(30)31)19(29)37-17-9-6-15(7-10-17)28(33)34/h1-7,9-10,16,18H,8,11-13H2,(H,30,31)/t16-,18+/m1/s1. The molecule has 11 nitrogen and oxygen atoms in total. The van der Waals surface area contributed by atoms with Crippen molar-refractivity contribution in [2.45, 2.75) is 40.4 Å². The van der Waals surface area contributed by atoms with E-state index in [2.05, 4.69) is 0 Å². The highest BCUT2D eigenvalue weighted by Crippen LogP contribution is 2.32. The first kappa shape index (κ1) is 28.8. The summed E-state index contributed by atoms with van der Waals surface area (Å²) in [6.07, 6.45) is -2.30. The van der Waals surface area contributed by atoms with Crippen LogP contribution >= 0.6 is 46.6 Å². The molecule has 0 saturated carbocycles. The van der Waals surface area contributed by atoms with Crippen LogP contribution in [0.4, 0.5) is 15.3 Å². The van der Waals surface area contributed by atoms with Gasteiger partial charge in [-0.15, -0.1) is 0 Å². The maximum atomic E-state index is 12.9. The number of piperidine rings is 1. The number of amides is 2. The predicted molar refractivity (Wildman–Crippen MR) is 135 cm³/mol. The number of hydrogen-bond acceptors (Lipinski definition) is 8. The van der Waals surface area contributed by atoms with Gasteiger partial charge in [-0.3, -0.25) is 24.6 Å². The van der Waals surface area contributed by atoms with Crippen LogP contribution in [0, 0.1) is 10.1 Å². The third-order valence-electron chi connectivity index (χ3n) is 5.27. The Balaban J connectivity index is 1.74. The molecule has 37 heavy (non-hydrogen) atoms. The number of ether oxygens (including phenoxy) is 1. The Kier molecular flexibility index (Phi) is 9.85. The zero-order chi connectivity index (χ0) is 27.2. The van der Waals surface area contributed by atoms with Gasteiger partial charge in [-0.1, -0.05) is 30.3 Å². The van der Waals surface area contributed by atoms with Crippen LogP contribution in [0.2, 0.25) is 0 Å². The van der Waals surface area contributed by atoms with Gasteiger partial charge < -0.3 is 9.84 Å². The number of alkyl halides is 3. The first-order chi connectivity index (χ1) is 17.4. The van der Waals surface area contributed by atoms with E-state index < -0.39 is 38.3 Å². The SMILES string of the molecule is O=C(Sc1ccc([N+](=O)[O-])cc1)[C@@H]1CC[C@@H](N(OCc2ccccc2)C(=O)OC(Cl)(Cl)Cl)CN1C(=O)O. The third kappa shape index (κ3) is 8.37. The van der Waals surface area contributed by atoms with E-state index in [4.69, 9.17) is 44.4 Å². The molecule has 3 rings (SSSR count). The molecule has 1 fully saturated rings. The average molecular weight is 593 g/mol. The summed E-state index contributed by atoms with van der Waals surface area (Å²) in [6.45, 7) is -0.339. The Morgan fingerprint density at radius 1 is 1.11 bits per heavy atom. The van der Waals surface area contributed by atoms with Gasteiger partial charge >= 0.3 is 16.2 Å². The van der Waals surface area contributed by atoms with Gasteiger partial charge in [0.2, 0.25) is 5.12 Å². The normalized spacial score (nSPS) is 17.6. The first-order valence-electron chi connectivity index (χ1n) is 10.7. The molecule has 0 spiro atoms. The van der Waals surface area contributed by atoms with Crippen molar-refractivity contribution in [3.8, 4) is 0 Å². The zero-order valence-corrected chi connectivity index (χ0v) is 22.0. The fraction of sp³-hybridized carbons (Fsp3) is 0.318. The Morgan fingerprint density at radius 3 is 2.32 bits per heavy atom. The van der Waals surface area contributed by atoms with E-state index >= 15 is 0 Å². The molecule has 2 aromatic rings. The molecule has 1 N–H and O–H groups in total. The van der Waals surface area contributed by atoms with E-state index in [1.807, 2.05) is 0 Å². The molecule has 0 bridgehead atoms. The number of likely N-dealkylation sites (tertiary alicyclic amines) is 1. The fourth-order valence-corrected chi connectivity index (χ4v) is 4.67. The van der Waals surface area contributed by atoms with Crippen molar-refractivity contribution in [1.29, 1.82) is 0 Å². The lowest BCUT2D eigenvalue weighted by atomic mass is 9.99. The second kappa shape index (κ2) is 12.7. The van der Waals surface area contributed by atoms with Crippen molar-refractivity contribution in [1.82, 2.24) is 9.96 Å². The van der Waals surface area contributed by atoms with Gasteiger partial charge in [0.25, 0.3) is 5.69 Å². The van der Waals surface area contributed by atoms with E-state index in [1.54, 1.807) is 30.3 Å². The van der Waals surface area contributed by atoms with Crippen molar-refractivity contribution >= 4 is 69.6 Å². The molecule has 15 heteroatoms. The summed E-state index contributed by atoms with van der Waals surface area (Å²) in [7, 11) is 0. The molecular formula is C22H20Cl3N3O8S. The first-order valence-corrected chi connectivity index (χ1v) is 12.6. The Morgan fingerprint density at radius 2 is 1.76 bits per heavy atom. The van der Waals surface area contributed by atoms with Crippen LogP contribution in [0.25, 0.3) is 0 Å². The molecule has 1 heterocycles. The minimum Gasteiger partial charge on any atom is -0.465 e. The molecule has 1 aliphatic rings. The maximum Gasteiger partial charge on any atom is 0.437 e. The van der Waals surface area contributed by atoms with Gasteiger partial charge in [-0.2, -0.15) is 5.06 Å². The number of hydrogen-bond donors (Lipinski definition) is 1. The molecule has 1 saturated heterocycles. The van der Waals surface area contributed by atoms with E-state index in [0.717, 1.165) is 21.7 Å². The van der Waals surface area contributed by atoms with E-state index in [-0.39, 0.29) is 31.7 Å². The summed E-state index contributed by atoms with van der Waals surface area (Å²) in [6, 6.07) is 12.3. The molecule has 2 atom stereocenters. The van der Waals surface area contributed by atoms with Crippen LogP contribution in [-0.2, 0) is 21.0 Å². The highest BCUT2D eigenvalue weighted by molar-refractivity contribution is 8.13. The van der Waals surface area contributed by atoms with Gasteiger partial charge in [-0.25, -0.2) is 9.59 Å². The monoisotopic (exact) mass is 591 g/mol. The highest BCUT2D eigenvalue weighted by atomic mass is 35.6. The van der Waals surface area contributed by atoms with Crippen molar-refractivity contribution in [3.05, 3.63) is 70.3 Å². The van der Waals surface area contributed by atoms with Crippen molar-refractivity contribution in [2.75, 3.05) is 6.54 Å². The van der Waals surface area contributed by atoms with E-state index in [0.29, 0.717) is 10.5 Å². The van der Waals surface area contributed by atoms with E-state index in [1.165, 1.54) is 24.3 Å². The van der Waals surface area contributed by atoms with Crippen molar-refractivity contribution < 1.29 is 34.0 Å². The summed E-state index contributed by atoms with van der Waals surface area (Å²) in [5.41, 5.74) is 0.578. The Labute approximate surface area is 230 Å². The summed E-state index contributed by atoms with van der Waals surface area (Å²) >= 11 is 17.5. The average Bonchev–Trinajstić information content (AvgIpc) is 2.84. The second-order valence-corrected chi connectivity index (χ2v) is 11.0. The van der Waals surface area contributed by atoms with Gasteiger partial charge in [0.15, 0.2) is 0 Å². The quantitative estimate of drug-likeness (QED) is 0.188. The van der Waals surface area contributed by atoms with Crippen molar-refractivity contribution in [3.63, 3.8) is 0 Å². The van der Waals surface area contributed by atoms with Gasteiger partial charge in [0, 0.05) is 23.6 Å². The third-order valence-corrected chi connectivity index (χ3v) is 6.48. The largest absolute Gasteiger partial charge is 0.465 e. The number of halogens is 3. The number of nitro groups is 1. The number of thioether (sulfide) groups is 1.